The highest BCUT2D eigenvalue weighted by Gasteiger charge is 2.81. The first kappa shape index (κ1) is 34.2. The lowest BCUT2D eigenvalue weighted by Gasteiger charge is -2.71. The Morgan fingerprint density at radius 1 is 1.20 bits per heavy atom. The summed E-state index contributed by atoms with van der Waals surface area (Å²) in [5.41, 5.74) is -4.71. The number of aryl methyl sites for hydroxylation is 1. The van der Waals surface area contributed by atoms with Gasteiger partial charge in [0, 0.05) is 48.3 Å². The Morgan fingerprint density at radius 2 is 1.82 bits per heavy atom. The molecular formula is C34H43N3O8. The van der Waals surface area contributed by atoms with E-state index in [0.717, 1.165) is 16.8 Å². The molecule has 0 spiro atoms. The van der Waals surface area contributed by atoms with Gasteiger partial charge in [0.1, 0.15) is 17.2 Å². The van der Waals surface area contributed by atoms with Gasteiger partial charge < -0.3 is 29.8 Å². The van der Waals surface area contributed by atoms with Crippen LogP contribution in [0, 0.1) is 35.0 Å². The molecule has 2 aromatic rings. The van der Waals surface area contributed by atoms with E-state index in [-0.39, 0.29) is 17.5 Å². The van der Waals surface area contributed by atoms with Gasteiger partial charge >= 0.3 is 5.97 Å². The molecule has 3 heterocycles. The molecule has 0 amide bonds. The minimum Gasteiger partial charge on any atom is -0.457 e. The number of aliphatic hydroxyl groups excluding tert-OH is 2. The topological polar surface area (TPSA) is 183 Å². The van der Waals surface area contributed by atoms with Crippen LogP contribution in [0.5, 0.6) is 0 Å². The zero-order valence-corrected chi connectivity index (χ0v) is 26.9. The van der Waals surface area contributed by atoms with Crippen molar-refractivity contribution >= 4 is 11.8 Å². The van der Waals surface area contributed by atoms with Crippen molar-refractivity contribution < 1.29 is 34.4 Å². The Kier molecular flexibility index (Phi) is 8.81. The highest BCUT2D eigenvalue weighted by molar-refractivity contribution is 5.92. The summed E-state index contributed by atoms with van der Waals surface area (Å²) >= 11 is 0. The maximum atomic E-state index is 13.6. The second-order valence-corrected chi connectivity index (χ2v) is 13.8. The molecule has 45 heavy (non-hydrogen) atoms. The molecule has 0 unspecified atom stereocenters. The molecule has 1 saturated heterocycles. The number of nitrogens with zero attached hydrogens (tertiary/aromatic N) is 2. The van der Waals surface area contributed by atoms with Crippen molar-refractivity contribution in [1.29, 1.82) is 5.26 Å². The quantitative estimate of drug-likeness (QED) is 0.293. The smallest absolute Gasteiger partial charge is 0.303 e. The fourth-order valence-corrected chi connectivity index (χ4v) is 8.20. The number of nitriles is 1. The van der Waals surface area contributed by atoms with Crippen LogP contribution in [0.3, 0.4) is 0 Å². The van der Waals surface area contributed by atoms with Crippen LogP contribution in [0.1, 0.15) is 72.1 Å². The molecule has 2 aromatic heterocycles. The number of aromatic nitrogens is 2. The number of pyridine rings is 2. The highest BCUT2D eigenvalue weighted by Crippen LogP contribution is 2.67. The first-order valence-electron chi connectivity index (χ1n) is 15.0. The van der Waals surface area contributed by atoms with Gasteiger partial charge in [0.25, 0.3) is 5.56 Å². The van der Waals surface area contributed by atoms with Crippen LogP contribution in [0.25, 0.3) is 11.1 Å². The number of ether oxygens (including phenoxy) is 2. The molecule has 3 aliphatic rings. The van der Waals surface area contributed by atoms with E-state index in [1.165, 1.54) is 19.9 Å². The van der Waals surface area contributed by atoms with E-state index in [2.05, 4.69) is 16.5 Å². The molecular weight excluding hydrogens is 578 g/mol. The van der Waals surface area contributed by atoms with E-state index >= 15 is 0 Å². The van der Waals surface area contributed by atoms with Crippen LogP contribution >= 0.6 is 0 Å². The molecule has 3 fully saturated rings. The monoisotopic (exact) mass is 621 g/mol. The summed E-state index contributed by atoms with van der Waals surface area (Å²) in [7, 11) is 0. The second-order valence-electron chi connectivity index (χ2n) is 13.8. The van der Waals surface area contributed by atoms with Crippen LogP contribution in [0.15, 0.2) is 48.0 Å². The van der Waals surface area contributed by atoms with Crippen molar-refractivity contribution in [2.45, 2.75) is 103 Å². The van der Waals surface area contributed by atoms with Gasteiger partial charge in [-0.05, 0) is 62.8 Å². The number of nitrogens with one attached hydrogen (secondary N) is 1. The van der Waals surface area contributed by atoms with Gasteiger partial charge in [0.2, 0.25) is 0 Å². The standard InChI is InChI=1S/C22H34O7.C12H9N3O/c1-8-19(5)11-14(25)22(27)20(6)13(24)9-10-18(3,4)16(20)15(26)17(28-12(2)23)21(22,7)29-19;1-8-11(9-2-4-14-5-3-9)6-10(7-13)12(16)15-8/h8,13,15-17,24,26-27H,1,9-11H2,2-7H3;2-6H,1H3,(H,15,16)/t13-,15-,16-,17-,19-,20-,21+,22-;/m0./s1. The van der Waals surface area contributed by atoms with Gasteiger partial charge in [-0.1, -0.05) is 26.8 Å². The molecule has 11 nitrogen and oxygen atoms in total. The Morgan fingerprint density at radius 3 is 2.38 bits per heavy atom. The maximum absolute atomic E-state index is 13.6. The molecule has 242 valence electrons. The van der Waals surface area contributed by atoms with E-state index in [1.54, 1.807) is 39.2 Å². The number of rotatable bonds is 3. The van der Waals surface area contributed by atoms with Crippen molar-refractivity contribution in [2.75, 3.05) is 0 Å². The molecule has 0 bridgehead atoms. The van der Waals surface area contributed by atoms with Crippen LogP contribution in [-0.2, 0) is 19.1 Å². The van der Waals surface area contributed by atoms with Crippen molar-refractivity contribution in [3.63, 3.8) is 0 Å². The lowest BCUT2D eigenvalue weighted by atomic mass is 9.40. The lowest BCUT2D eigenvalue weighted by Crippen LogP contribution is -2.86. The first-order valence-corrected chi connectivity index (χ1v) is 15.0. The molecule has 2 saturated carbocycles. The Bertz CT molecular complexity index is 1600. The average molecular weight is 622 g/mol. The summed E-state index contributed by atoms with van der Waals surface area (Å²) in [6.45, 7) is 15.4. The number of Topliss-reactive ketones (excluding diaryl/α,β-unsaturated/α-hetero) is 1. The van der Waals surface area contributed by atoms with Gasteiger partial charge in [-0.25, -0.2) is 0 Å². The van der Waals surface area contributed by atoms with Gasteiger partial charge in [-0.2, -0.15) is 5.26 Å². The second kappa shape index (κ2) is 11.6. The molecule has 8 atom stereocenters. The summed E-state index contributed by atoms with van der Waals surface area (Å²) in [5.74, 6) is -1.87. The van der Waals surface area contributed by atoms with Gasteiger partial charge in [-0.15, -0.1) is 6.58 Å². The Balaban J connectivity index is 0.000000242. The van der Waals surface area contributed by atoms with E-state index in [1.807, 2.05) is 32.0 Å². The fourth-order valence-electron chi connectivity index (χ4n) is 8.20. The minimum atomic E-state index is -2.18. The SMILES string of the molecule is C=C[C@@]1(C)CC(=O)[C@]2(O)[C@@]3(C)[C@@H](O)CCC(C)(C)[C@@H]3[C@H](O)[C@H](OC(C)=O)[C@@]2(C)O1.Cc1[nH]c(=O)c(C#N)cc1-c1ccncc1. The number of hydrogen-bond acceptors (Lipinski definition) is 10. The maximum Gasteiger partial charge on any atom is 0.303 e. The molecule has 5 rings (SSSR count). The number of H-pyrrole nitrogens is 1. The van der Waals surface area contributed by atoms with Crippen molar-refractivity contribution in [3.8, 4) is 17.2 Å². The largest absolute Gasteiger partial charge is 0.457 e. The fraction of sp³-hybridized carbons (Fsp3) is 0.559. The van der Waals surface area contributed by atoms with Crippen LogP contribution < -0.4 is 5.56 Å². The lowest BCUT2D eigenvalue weighted by molar-refractivity contribution is -0.370. The summed E-state index contributed by atoms with van der Waals surface area (Å²) in [6, 6.07) is 7.14. The predicted molar refractivity (Wildman–Crippen MR) is 165 cm³/mol. The Labute approximate surface area is 262 Å². The molecule has 4 N–H and O–H groups in total. The zero-order valence-electron chi connectivity index (χ0n) is 26.9. The zero-order chi connectivity index (χ0) is 33.8. The van der Waals surface area contributed by atoms with E-state index in [0.29, 0.717) is 12.8 Å². The molecule has 0 radical (unpaired) electrons. The number of fused-ring (bicyclic) bond motifs is 3. The third-order valence-electron chi connectivity index (χ3n) is 10.4. The first-order chi connectivity index (χ1) is 20.8. The van der Waals surface area contributed by atoms with Crippen LogP contribution in [0.4, 0.5) is 0 Å². The molecule has 0 aromatic carbocycles. The number of aromatic amines is 1. The van der Waals surface area contributed by atoms with Crippen LogP contribution in [0.2, 0.25) is 0 Å². The Hall–Kier alpha value is -3.69. The summed E-state index contributed by atoms with van der Waals surface area (Å²) in [4.78, 5) is 43.5. The van der Waals surface area contributed by atoms with Crippen molar-refractivity contribution in [2.24, 2.45) is 16.7 Å². The number of hydrogen-bond donors (Lipinski definition) is 4. The van der Waals surface area contributed by atoms with Gasteiger partial charge in [-0.3, -0.25) is 19.4 Å². The summed E-state index contributed by atoms with van der Waals surface area (Å²) in [5, 5.41) is 43.5. The summed E-state index contributed by atoms with van der Waals surface area (Å²) < 4.78 is 11.8. The number of esters is 1. The molecule has 1 aliphatic heterocycles. The predicted octanol–water partition coefficient (Wildman–Crippen LogP) is 3.14. The van der Waals surface area contributed by atoms with Crippen molar-refractivity contribution in [1.82, 2.24) is 9.97 Å². The third kappa shape index (κ3) is 5.23. The molecule has 2 aliphatic carbocycles. The van der Waals surface area contributed by atoms with E-state index < -0.39 is 63.6 Å². The highest BCUT2D eigenvalue weighted by atomic mass is 16.6. The average Bonchev–Trinajstić information content (AvgIpc) is 2.96. The van der Waals surface area contributed by atoms with Crippen LogP contribution in [-0.4, -0.2) is 72.2 Å². The summed E-state index contributed by atoms with van der Waals surface area (Å²) in [6.07, 6.45) is 2.05. The van der Waals surface area contributed by atoms with Gasteiger partial charge in [0.05, 0.1) is 17.8 Å². The number of carbonyl (C=O) groups is 2. The van der Waals surface area contributed by atoms with E-state index in [9.17, 15) is 29.7 Å². The third-order valence-corrected chi connectivity index (χ3v) is 10.4. The van der Waals surface area contributed by atoms with Crippen molar-refractivity contribution in [3.05, 3.63) is 64.9 Å². The number of ketones is 1. The number of aliphatic hydroxyl groups is 3. The van der Waals surface area contributed by atoms with Gasteiger partial charge in [0.15, 0.2) is 17.5 Å². The van der Waals surface area contributed by atoms with E-state index in [4.69, 9.17) is 14.7 Å². The normalized spacial score (nSPS) is 36.7. The molecule has 11 heteroatoms. The minimum absolute atomic E-state index is 0.123. The number of carbonyl (C=O) groups excluding carboxylic acids is 2.